The first-order valence-corrected chi connectivity index (χ1v) is 9.77. The molecule has 1 saturated heterocycles. The molecule has 156 valence electrons. The number of aromatic nitrogens is 1. The summed E-state index contributed by atoms with van der Waals surface area (Å²) in [6.07, 6.45) is 1.49. The molecule has 1 unspecified atom stereocenters. The Morgan fingerprint density at radius 3 is 2.76 bits per heavy atom. The van der Waals surface area contributed by atoms with Gasteiger partial charge in [-0.1, -0.05) is 0 Å². The first kappa shape index (κ1) is 19.7. The van der Waals surface area contributed by atoms with Gasteiger partial charge in [-0.2, -0.15) is 0 Å². The van der Waals surface area contributed by atoms with Crippen molar-refractivity contribution in [3.63, 3.8) is 0 Å². The van der Waals surface area contributed by atoms with Crippen molar-refractivity contribution in [1.82, 2.24) is 9.47 Å². The fraction of sp³-hybridized carbons (Fsp3) is 0.500. The number of halogens is 1. The van der Waals surface area contributed by atoms with E-state index < -0.39 is 17.2 Å². The molecule has 2 N–H and O–H groups in total. The number of nitrogens with two attached hydrogens (primary N) is 1. The number of carbonyl (C=O) groups excluding carboxylic acids is 1. The average molecular weight is 404 g/mol. The normalized spacial score (nSPS) is 19.3. The number of hydrogen-bond acceptors (Lipinski definition) is 7. The number of carbonyl (C=O) groups is 1. The maximum atomic E-state index is 15.2. The summed E-state index contributed by atoms with van der Waals surface area (Å²) in [5.41, 5.74) is 5.57. The fourth-order valence-corrected chi connectivity index (χ4v) is 3.91. The number of rotatable bonds is 4. The molecule has 29 heavy (non-hydrogen) atoms. The van der Waals surface area contributed by atoms with Crippen LogP contribution < -0.4 is 20.8 Å². The zero-order valence-corrected chi connectivity index (χ0v) is 16.6. The number of likely N-dealkylation sites (N-methyl/N-ethyl adjacent to an activating group) is 1. The zero-order chi connectivity index (χ0) is 20.7. The quantitative estimate of drug-likeness (QED) is 0.759. The molecule has 2 aliphatic rings. The van der Waals surface area contributed by atoms with Crippen LogP contribution in [0.5, 0.6) is 5.75 Å². The monoisotopic (exact) mass is 404 g/mol. The summed E-state index contributed by atoms with van der Waals surface area (Å²) in [6, 6.07) is 1.09. The van der Waals surface area contributed by atoms with Crippen LogP contribution in [0.3, 0.4) is 0 Å². The van der Waals surface area contributed by atoms with E-state index in [-0.39, 0.29) is 30.1 Å². The van der Waals surface area contributed by atoms with Crippen molar-refractivity contribution >= 4 is 22.6 Å². The van der Waals surface area contributed by atoms with Crippen molar-refractivity contribution in [2.45, 2.75) is 13.0 Å². The number of nitrogens with zero attached hydrogens (tertiary/aromatic N) is 3. The van der Waals surface area contributed by atoms with Crippen molar-refractivity contribution in [3.05, 3.63) is 33.9 Å². The SMILES string of the molecule is CC1COc2c(N3CCN(C)CC3)c(F)cc3c(=O)c(C(=O)OCCN)cn1c23. The lowest BCUT2D eigenvalue weighted by molar-refractivity contribution is 0.0514. The summed E-state index contributed by atoms with van der Waals surface area (Å²) in [5, 5.41) is 0.115. The summed E-state index contributed by atoms with van der Waals surface area (Å²) >= 11 is 0. The van der Waals surface area contributed by atoms with Gasteiger partial charge in [0.25, 0.3) is 0 Å². The van der Waals surface area contributed by atoms with Crippen molar-refractivity contribution in [2.75, 3.05) is 57.9 Å². The first-order chi connectivity index (χ1) is 13.9. The van der Waals surface area contributed by atoms with Gasteiger partial charge in [-0.25, -0.2) is 9.18 Å². The Labute approximate surface area is 167 Å². The van der Waals surface area contributed by atoms with Gasteiger partial charge in [0, 0.05) is 38.9 Å². The Bertz CT molecular complexity index is 1010. The molecule has 0 amide bonds. The second kappa shape index (κ2) is 7.64. The minimum atomic E-state index is -0.755. The summed E-state index contributed by atoms with van der Waals surface area (Å²) < 4.78 is 28.0. The number of hydrogen-bond donors (Lipinski definition) is 1. The molecule has 1 atom stereocenters. The third-order valence-electron chi connectivity index (χ3n) is 5.53. The summed E-state index contributed by atoms with van der Waals surface area (Å²) in [4.78, 5) is 29.5. The molecular weight excluding hydrogens is 379 g/mol. The molecule has 9 heteroatoms. The Kier molecular flexibility index (Phi) is 5.18. The Hall–Kier alpha value is -2.65. The van der Waals surface area contributed by atoms with Crippen LogP contribution in [0, 0.1) is 5.82 Å². The predicted molar refractivity (Wildman–Crippen MR) is 107 cm³/mol. The maximum absolute atomic E-state index is 15.2. The van der Waals surface area contributed by atoms with E-state index in [1.807, 2.05) is 23.4 Å². The Morgan fingerprint density at radius 2 is 2.07 bits per heavy atom. The molecule has 0 radical (unpaired) electrons. The lowest BCUT2D eigenvalue weighted by Gasteiger charge is -2.37. The Balaban J connectivity index is 1.91. The average Bonchev–Trinajstić information content (AvgIpc) is 2.71. The van der Waals surface area contributed by atoms with E-state index in [1.54, 1.807) is 0 Å². The van der Waals surface area contributed by atoms with E-state index in [9.17, 15) is 9.59 Å². The summed E-state index contributed by atoms with van der Waals surface area (Å²) in [7, 11) is 2.03. The molecule has 1 aromatic heterocycles. The second-order valence-electron chi connectivity index (χ2n) is 7.59. The van der Waals surface area contributed by atoms with E-state index >= 15 is 4.39 Å². The smallest absolute Gasteiger partial charge is 0.343 e. The highest BCUT2D eigenvalue weighted by atomic mass is 19.1. The van der Waals surface area contributed by atoms with Crippen LogP contribution >= 0.6 is 0 Å². The number of ether oxygens (including phenoxy) is 2. The van der Waals surface area contributed by atoms with E-state index in [1.165, 1.54) is 12.3 Å². The van der Waals surface area contributed by atoms with Gasteiger partial charge in [0.15, 0.2) is 11.6 Å². The minimum absolute atomic E-state index is 0.0108. The molecule has 2 aliphatic heterocycles. The van der Waals surface area contributed by atoms with Crippen LogP contribution in [0.25, 0.3) is 10.9 Å². The van der Waals surface area contributed by atoms with Gasteiger partial charge in [-0.05, 0) is 20.0 Å². The van der Waals surface area contributed by atoms with Crippen molar-refractivity contribution in [3.8, 4) is 5.75 Å². The molecule has 4 rings (SSSR count). The second-order valence-corrected chi connectivity index (χ2v) is 7.59. The molecule has 0 bridgehead atoms. The Morgan fingerprint density at radius 1 is 1.34 bits per heavy atom. The molecule has 3 heterocycles. The lowest BCUT2D eigenvalue weighted by atomic mass is 10.1. The van der Waals surface area contributed by atoms with Gasteiger partial charge in [0.2, 0.25) is 5.43 Å². The number of benzene rings is 1. The summed E-state index contributed by atoms with van der Waals surface area (Å²) in [5.74, 6) is -0.917. The van der Waals surface area contributed by atoms with E-state index in [0.29, 0.717) is 36.6 Å². The number of pyridine rings is 1. The van der Waals surface area contributed by atoms with Crippen LogP contribution in [0.1, 0.15) is 23.3 Å². The molecule has 0 saturated carbocycles. The topological polar surface area (TPSA) is 90.0 Å². The summed E-state index contributed by atoms with van der Waals surface area (Å²) in [6.45, 7) is 5.35. The first-order valence-electron chi connectivity index (χ1n) is 9.77. The van der Waals surface area contributed by atoms with Crippen LogP contribution in [-0.4, -0.2) is 68.4 Å². The number of piperazine rings is 1. The van der Waals surface area contributed by atoms with Crippen molar-refractivity contribution in [1.29, 1.82) is 0 Å². The molecule has 1 aromatic carbocycles. The van der Waals surface area contributed by atoms with Gasteiger partial charge < -0.3 is 29.6 Å². The predicted octanol–water partition coefficient (Wildman–Crippen LogP) is 0.961. The van der Waals surface area contributed by atoms with Gasteiger partial charge in [0.1, 0.15) is 24.5 Å². The van der Waals surface area contributed by atoms with Gasteiger partial charge in [0.05, 0.1) is 16.9 Å². The lowest BCUT2D eigenvalue weighted by Crippen LogP contribution is -2.45. The molecule has 0 spiro atoms. The van der Waals surface area contributed by atoms with E-state index in [2.05, 4.69) is 4.90 Å². The molecular formula is C20H25FN4O4. The largest absolute Gasteiger partial charge is 0.487 e. The third kappa shape index (κ3) is 3.34. The molecule has 0 aliphatic carbocycles. The highest BCUT2D eigenvalue weighted by Gasteiger charge is 2.31. The zero-order valence-electron chi connectivity index (χ0n) is 16.6. The van der Waals surface area contributed by atoms with E-state index in [4.69, 9.17) is 15.2 Å². The fourth-order valence-electron chi connectivity index (χ4n) is 3.91. The third-order valence-corrected chi connectivity index (χ3v) is 5.53. The maximum Gasteiger partial charge on any atom is 0.343 e. The molecule has 2 aromatic rings. The van der Waals surface area contributed by atoms with Crippen LogP contribution in [0.15, 0.2) is 17.1 Å². The van der Waals surface area contributed by atoms with Crippen molar-refractivity contribution < 1.29 is 18.7 Å². The molecule has 1 fully saturated rings. The van der Waals surface area contributed by atoms with Crippen LogP contribution in [-0.2, 0) is 4.74 Å². The van der Waals surface area contributed by atoms with E-state index in [0.717, 1.165) is 13.1 Å². The van der Waals surface area contributed by atoms with Gasteiger partial charge >= 0.3 is 5.97 Å². The highest BCUT2D eigenvalue weighted by molar-refractivity contribution is 5.98. The van der Waals surface area contributed by atoms with Gasteiger partial charge in [-0.3, -0.25) is 4.79 Å². The highest BCUT2D eigenvalue weighted by Crippen LogP contribution is 2.42. The minimum Gasteiger partial charge on any atom is -0.487 e. The number of anilines is 1. The number of esters is 1. The molecule has 8 nitrogen and oxygen atoms in total. The van der Waals surface area contributed by atoms with Crippen LogP contribution in [0.4, 0.5) is 10.1 Å². The van der Waals surface area contributed by atoms with Gasteiger partial charge in [-0.15, -0.1) is 0 Å². The standard InChI is InChI=1S/C20H25FN4O4/c1-12-11-29-19-16-13(9-15(21)17(19)24-6-4-23(2)5-7-24)18(26)14(10-25(12)16)20(27)28-8-3-22/h9-10,12H,3-8,11,22H2,1-2H3. The van der Waals surface area contributed by atoms with Crippen molar-refractivity contribution in [2.24, 2.45) is 5.73 Å². The van der Waals surface area contributed by atoms with Crippen LogP contribution in [0.2, 0.25) is 0 Å².